The molecular weight excluding hydrogens is 170 g/mol. The summed E-state index contributed by atoms with van der Waals surface area (Å²) in [4.78, 5) is 8.82. The van der Waals surface area contributed by atoms with E-state index in [1.165, 1.54) is 12.1 Å². The predicted molar refractivity (Wildman–Crippen MR) is 48.8 cm³/mol. The molecule has 4 nitrogen and oxygen atoms in total. The van der Waals surface area contributed by atoms with Crippen molar-refractivity contribution in [3.05, 3.63) is 35.0 Å². The lowest BCUT2D eigenvalue weighted by Gasteiger charge is -2.28. The minimum atomic E-state index is -1.94. The molecule has 0 aromatic heterocycles. The van der Waals surface area contributed by atoms with Crippen LogP contribution in [0.5, 0.6) is 0 Å². The monoisotopic (exact) mass is 181 g/mol. The van der Waals surface area contributed by atoms with Gasteiger partial charge in [0.1, 0.15) is 0 Å². The highest BCUT2D eigenvalue weighted by Gasteiger charge is 2.23. The lowest BCUT2D eigenvalue weighted by Crippen LogP contribution is -2.43. The third-order valence-corrected chi connectivity index (χ3v) is 1.81. The maximum absolute atomic E-state index is 11.3. The second-order valence-electron chi connectivity index (χ2n) is 2.93. The second kappa shape index (κ2) is 3.26. The number of aryl methyl sites for hydroxylation is 1. The summed E-state index contributed by atoms with van der Waals surface area (Å²) in [7, 11) is 0. The summed E-state index contributed by atoms with van der Waals surface area (Å²) in [5.41, 5.74) is 0.991. The average Bonchev–Trinajstić information content (AvgIpc) is 2.04. The first-order chi connectivity index (χ1) is 5.94. The lowest BCUT2D eigenvalue weighted by molar-refractivity contribution is -0.148. The van der Waals surface area contributed by atoms with Crippen molar-refractivity contribution in [2.45, 2.75) is 13.8 Å². The van der Waals surface area contributed by atoms with Crippen LogP contribution < -0.4 is 4.81 Å². The van der Waals surface area contributed by atoms with E-state index in [2.05, 4.69) is 0 Å². The van der Waals surface area contributed by atoms with Gasteiger partial charge in [0.15, 0.2) is 5.69 Å². The topological polar surface area (TPSA) is 60.4 Å². The molecule has 1 N–H and O–H groups in total. The minimum absolute atomic E-state index is 0.0260. The number of hydrogen-bond acceptors (Lipinski definition) is 3. The van der Waals surface area contributed by atoms with Gasteiger partial charge in [-0.25, -0.2) is 10.0 Å². The van der Waals surface area contributed by atoms with Crippen LogP contribution in [0.1, 0.15) is 12.5 Å². The molecule has 70 valence electrons. The van der Waals surface area contributed by atoms with Gasteiger partial charge in [0, 0.05) is 12.1 Å². The maximum atomic E-state index is 11.3. The largest absolute Gasteiger partial charge is 0.586 e. The van der Waals surface area contributed by atoms with Crippen LogP contribution in [0.4, 0.5) is 5.69 Å². The zero-order chi connectivity index (χ0) is 10.1. The average molecular weight is 181 g/mol. The molecule has 0 aliphatic carbocycles. The van der Waals surface area contributed by atoms with Crippen LogP contribution in [0.2, 0.25) is 0 Å². The molecule has 0 aliphatic heterocycles. The van der Waals surface area contributed by atoms with Gasteiger partial charge in [0.05, 0.1) is 6.92 Å². The van der Waals surface area contributed by atoms with Crippen LogP contribution in [0.25, 0.3) is 0 Å². The molecule has 0 aliphatic rings. The summed E-state index contributed by atoms with van der Waals surface area (Å²) in [6, 6.07) is 6.20. The van der Waals surface area contributed by atoms with Gasteiger partial charge >= 0.3 is 5.91 Å². The zero-order valence-electron chi connectivity index (χ0n) is 7.52. The van der Waals surface area contributed by atoms with Crippen LogP contribution in [0.3, 0.4) is 0 Å². The summed E-state index contributed by atoms with van der Waals surface area (Å²) in [5.74, 6) is -0.858. The van der Waals surface area contributed by atoms with E-state index >= 15 is 0 Å². The normalized spacial score (nSPS) is 15.1. The van der Waals surface area contributed by atoms with E-state index < -0.39 is 10.7 Å². The summed E-state index contributed by atoms with van der Waals surface area (Å²) < 4.78 is 0. The van der Waals surface area contributed by atoms with Gasteiger partial charge in [0.2, 0.25) is 0 Å². The number of hydrogen-bond donors (Lipinski definition) is 1. The van der Waals surface area contributed by atoms with Gasteiger partial charge in [-0.05, 0) is 6.92 Å². The molecule has 4 heteroatoms. The molecular formula is C9H11NO3. The second-order valence-corrected chi connectivity index (χ2v) is 2.93. The third kappa shape index (κ3) is 1.92. The Kier molecular flexibility index (Phi) is 2.47. The Morgan fingerprint density at radius 1 is 1.38 bits per heavy atom. The van der Waals surface area contributed by atoms with Gasteiger partial charge in [0.25, 0.3) is 0 Å². The first kappa shape index (κ1) is 9.85. The SMILES string of the molecule is CC(=O)[N+]([O-])(O)c1ccc(C)cc1. The number of quaternary nitrogens is 1. The summed E-state index contributed by atoms with van der Waals surface area (Å²) in [5, 5.41) is 20.4. The molecule has 13 heavy (non-hydrogen) atoms. The third-order valence-electron chi connectivity index (χ3n) is 1.81. The number of carbonyl (C=O) groups is 1. The van der Waals surface area contributed by atoms with E-state index in [4.69, 9.17) is 0 Å². The van der Waals surface area contributed by atoms with Gasteiger partial charge in [-0.15, -0.1) is 4.81 Å². The Labute approximate surface area is 76.2 Å². The standard InChI is InChI=1S/C9H11NO3/c1-7-3-5-9(6-4-7)10(12,13)8(2)11/h3-6,12H,1-2H3. The van der Waals surface area contributed by atoms with Gasteiger partial charge in [-0.1, -0.05) is 17.7 Å². The van der Waals surface area contributed by atoms with Crippen molar-refractivity contribution in [1.29, 1.82) is 0 Å². The summed E-state index contributed by atoms with van der Waals surface area (Å²) in [6.45, 7) is 2.90. The molecule has 0 radical (unpaired) electrons. The van der Waals surface area contributed by atoms with E-state index in [1.54, 1.807) is 12.1 Å². The fourth-order valence-electron chi connectivity index (χ4n) is 0.929. The van der Waals surface area contributed by atoms with Gasteiger partial charge < -0.3 is 5.21 Å². The van der Waals surface area contributed by atoms with E-state index in [0.717, 1.165) is 12.5 Å². The van der Waals surface area contributed by atoms with Crippen molar-refractivity contribution in [3.63, 3.8) is 0 Å². The quantitative estimate of drug-likeness (QED) is 0.407. The highest BCUT2D eigenvalue weighted by Crippen LogP contribution is 2.19. The van der Waals surface area contributed by atoms with E-state index in [1.807, 2.05) is 6.92 Å². The molecule has 0 saturated carbocycles. The first-order valence-electron chi connectivity index (χ1n) is 3.86. The van der Waals surface area contributed by atoms with Crippen LogP contribution in [0.15, 0.2) is 24.3 Å². The van der Waals surface area contributed by atoms with Crippen LogP contribution in [-0.4, -0.2) is 11.1 Å². The molecule has 1 atom stereocenters. The van der Waals surface area contributed by atoms with Crippen molar-refractivity contribution in [1.82, 2.24) is 4.81 Å². The first-order valence-corrected chi connectivity index (χ1v) is 3.86. The Morgan fingerprint density at radius 2 is 1.85 bits per heavy atom. The summed E-state index contributed by atoms with van der Waals surface area (Å²) >= 11 is 0. The van der Waals surface area contributed by atoms with Crippen molar-refractivity contribution in [2.24, 2.45) is 0 Å². The number of rotatable bonds is 1. The highest BCUT2D eigenvalue weighted by atomic mass is 16.8. The number of benzene rings is 1. The van der Waals surface area contributed by atoms with Crippen molar-refractivity contribution >= 4 is 11.6 Å². The molecule has 1 rings (SSSR count). The maximum Gasteiger partial charge on any atom is 0.348 e. The molecule has 0 spiro atoms. The molecule has 0 fully saturated rings. The number of amides is 1. The number of carbonyl (C=O) groups excluding carboxylic acids is 1. The summed E-state index contributed by atoms with van der Waals surface area (Å²) in [6.07, 6.45) is 0. The zero-order valence-corrected chi connectivity index (χ0v) is 7.52. The van der Waals surface area contributed by atoms with Crippen LogP contribution in [0, 0.1) is 12.1 Å². The Morgan fingerprint density at radius 3 is 2.23 bits per heavy atom. The predicted octanol–water partition coefficient (Wildman–Crippen LogP) is 1.74. The highest BCUT2D eigenvalue weighted by molar-refractivity contribution is 5.84. The van der Waals surface area contributed by atoms with Crippen molar-refractivity contribution in [3.8, 4) is 0 Å². The Bertz CT molecular complexity index is 316. The number of nitrogens with zero attached hydrogens (tertiary/aromatic N) is 1. The van der Waals surface area contributed by atoms with E-state index in [-0.39, 0.29) is 5.69 Å². The Balaban J connectivity index is 3.08. The molecule has 0 heterocycles. The Hall–Kier alpha value is -1.23. The van der Waals surface area contributed by atoms with Crippen molar-refractivity contribution < 1.29 is 10.0 Å². The minimum Gasteiger partial charge on any atom is -0.586 e. The fraction of sp³-hybridized carbons (Fsp3) is 0.222. The molecule has 1 amide bonds. The van der Waals surface area contributed by atoms with Gasteiger partial charge in [-0.2, -0.15) is 0 Å². The lowest BCUT2D eigenvalue weighted by atomic mass is 10.2. The number of hydroxylamine groups is 2. The molecule has 1 aromatic rings. The van der Waals surface area contributed by atoms with Crippen LogP contribution >= 0.6 is 0 Å². The van der Waals surface area contributed by atoms with Crippen LogP contribution in [-0.2, 0) is 4.79 Å². The molecule has 0 saturated heterocycles. The molecule has 0 bridgehead atoms. The molecule has 1 unspecified atom stereocenters. The van der Waals surface area contributed by atoms with Crippen molar-refractivity contribution in [2.75, 3.05) is 0 Å². The van der Waals surface area contributed by atoms with E-state index in [9.17, 15) is 15.2 Å². The molecule has 1 aromatic carbocycles. The van der Waals surface area contributed by atoms with Gasteiger partial charge in [-0.3, -0.25) is 0 Å². The smallest absolute Gasteiger partial charge is 0.348 e. The fourth-order valence-corrected chi connectivity index (χ4v) is 0.929. The van der Waals surface area contributed by atoms with E-state index in [0.29, 0.717) is 0 Å².